The molecule has 0 rings (SSSR count). The lowest BCUT2D eigenvalue weighted by molar-refractivity contribution is -0.135. The molecule has 0 amide bonds. The van der Waals surface area contributed by atoms with E-state index in [4.69, 9.17) is 11.6 Å². The average molecular weight is 282 g/mol. The van der Waals surface area contributed by atoms with Crippen LogP contribution in [0.15, 0.2) is 0 Å². The number of rotatable bonds is 8. The van der Waals surface area contributed by atoms with Crippen molar-refractivity contribution in [2.75, 3.05) is 18.2 Å². The van der Waals surface area contributed by atoms with E-state index in [1.165, 1.54) is 0 Å². The van der Waals surface area contributed by atoms with Crippen molar-refractivity contribution in [3.05, 3.63) is 0 Å². The molecular weight excluding hydrogens is 267 g/mol. The maximum Gasteiger partial charge on any atom is 0.389 e. The second-order valence-corrected chi connectivity index (χ2v) is 5.63. The predicted molar refractivity (Wildman–Crippen MR) is 57.0 cm³/mol. The maximum absolute atomic E-state index is 11.7. The van der Waals surface area contributed by atoms with Crippen molar-refractivity contribution in [2.45, 2.75) is 31.9 Å². The Morgan fingerprint density at radius 1 is 1.12 bits per heavy atom. The first kappa shape index (κ1) is 16.0. The van der Waals surface area contributed by atoms with Gasteiger partial charge in [-0.25, -0.2) is 13.1 Å². The highest BCUT2D eigenvalue weighted by Crippen LogP contribution is 2.20. The molecule has 0 unspecified atom stereocenters. The average Bonchev–Trinajstić information content (AvgIpc) is 2.11. The smallest absolute Gasteiger partial charge is 0.215 e. The second kappa shape index (κ2) is 7.34. The van der Waals surface area contributed by atoms with Crippen molar-refractivity contribution in [3.63, 3.8) is 0 Å². The predicted octanol–water partition coefficient (Wildman–Crippen LogP) is 2.27. The highest BCUT2D eigenvalue weighted by atomic mass is 35.5. The SMILES string of the molecule is O=S(=O)(CCCCCl)NCCCC(F)(F)F. The van der Waals surface area contributed by atoms with Gasteiger partial charge in [0.1, 0.15) is 0 Å². The Morgan fingerprint density at radius 2 is 1.75 bits per heavy atom. The summed E-state index contributed by atoms with van der Waals surface area (Å²) in [6.07, 6.45) is -4.46. The van der Waals surface area contributed by atoms with Gasteiger partial charge in [-0.2, -0.15) is 13.2 Å². The van der Waals surface area contributed by atoms with Gasteiger partial charge in [0.25, 0.3) is 0 Å². The van der Waals surface area contributed by atoms with Crippen LogP contribution >= 0.6 is 11.6 Å². The quantitative estimate of drug-likeness (QED) is 0.548. The molecule has 0 saturated heterocycles. The van der Waals surface area contributed by atoms with Gasteiger partial charge in [0, 0.05) is 18.8 Å². The van der Waals surface area contributed by atoms with Crippen molar-refractivity contribution >= 4 is 21.6 Å². The number of halogens is 4. The Morgan fingerprint density at radius 3 is 2.25 bits per heavy atom. The molecule has 0 aliphatic rings. The molecule has 0 aliphatic carbocycles. The molecule has 0 fully saturated rings. The fraction of sp³-hybridized carbons (Fsp3) is 1.00. The number of hydrogen-bond donors (Lipinski definition) is 1. The molecule has 8 heteroatoms. The van der Waals surface area contributed by atoms with Crippen LogP contribution in [-0.2, 0) is 10.0 Å². The standard InChI is InChI=1S/C8H15ClF3NO2S/c9-5-1-2-7-16(14,15)13-6-3-4-8(10,11)12/h13H,1-7H2. The van der Waals surface area contributed by atoms with Gasteiger partial charge in [0.15, 0.2) is 0 Å². The Bertz CT molecular complexity index is 279. The third-order valence-electron chi connectivity index (χ3n) is 1.76. The molecule has 0 heterocycles. The minimum Gasteiger partial charge on any atom is -0.215 e. The number of sulfonamides is 1. The van der Waals surface area contributed by atoms with Crippen LogP contribution in [0.4, 0.5) is 13.2 Å². The highest BCUT2D eigenvalue weighted by molar-refractivity contribution is 7.89. The summed E-state index contributed by atoms with van der Waals surface area (Å²) in [6, 6.07) is 0. The number of alkyl halides is 4. The summed E-state index contributed by atoms with van der Waals surface area (Å²) in [5, 5.41) is 0. The van der Waals surface area contributed by atoms with Crippen LogP contribution in [0.25, 0.3) is 0 Å². The van der Waals surface area contributed by atoms with Crippen LogP contribution in [0.5, 0.6) is 0 Å². The van der Waals surface area contributed by atoms with Crippen molar-refractivity contribution in [1.29, 1.82) is 0 Å². The van der Waals surface area contributed by atoms with E-state index in [1.54, 1.807) is 0 Å². The second-order valence-electron chi connectivity index (χ2n) is 3.33. The molecule has 16 heavy (non-hydrogen) atoms. The third-order valence-corrected chi connectivity index (χ3v) is 3.49. The van der Waals surface area contributed by atoms with Gasteiger partial charge in [0.2, 0.25) is 10.0 Å². The first-order chi connectivity index (χ1) is 7.27. The molecule has 0 radical (unpaired) electrons. The van der Waals surface area contributed by atoms with E-state index < -0.39 is 22.6 Å². The van der Waals surface area contributed by atoms with Crippen molar-refractivity contribution < 1.29 is 21.6 Å². The van der Waals surface area contributed by atoms with Crippen molar-refractivity contribution in [2.24, 2.45) is 0 Å². The van der Waals surface area contributed by atoms with E-state index in [1.807, 2.05) is 0 Å². The molecule has 0 aromatic heterocycles. The van der Waals surface area contributed by atoms with Crippen LogP contribution < -0.4 is 4.72 Å². The molecular formula is C8H15ClF3NO2S. The van der Waals surface area contributed by atoms with Gasteiger partial charge in [-0.15, -0.1) is 11.6 Å². The van der Waals surface area contributed by atoms with E-state index in [9.17, 15) is 21.6 Å². The minimum atomic E-state index is -4.23. The summed E-state index contributed by atoms with van der Waals surface area (Å²) >= 11 is 5.37. The zero-order valence-corrected chi connectivity index (χ0v) is 10.3. The molecule has 0 saturated carbocycles. The Balaban J connectivity index is 3.67. The topological polar surface area (TPSA) is 46.2 Å². The normalized spacial score (nSPS) is 13.0. The molecule has 3 nitrogen and oxygen atoms in total. The molecule has 0 aromatic carbocycles. The molecule has 98 valence electrons. The van der Waals surface area contributed by atoms with Crippen LogP contribution in [0.3, 0.4) is 0 Å². The molecule has 0 bridgehead atoms. The van der Waals surface area contributed by atoms with E-state index in [0.29, 0.717) is 18.7 Å². The summed E-state index contributed by atoms with van der Waals surface area (Å²) in [4.78, 5) is 0. The molecule has 0 atom stereocenters. The molecule has 0 aliphatic heterocycles. The fourth-order valence-electron chi connectivity index (χ4n) is 0.975. The summed E-state index contributed by atoms with van der Waals surface area (Å²) in [5.41, 5.74) is 0. The lowest BCUT2D eigenvalue weighted by atomic mass is 10.3. The van der Waals surface area contributed by atoms with Crippen LogP contribution in [0, 0.1) is 0 Å². The Kier molecular flexibility index (Phi) is 7.34. The first-order valence-corrected chi connectivity index (χ1v) is 7.05. The fourth-order valence-corrected chi connectivity index (χ4v) is 2.35. The Labute approximate surface area is 98.4 Å². The lowest BCUT2D eigenvalue weighted by Crippen LogP contribution is -2.28. The van der Waals surface area contributed by atoms with E-state index >= 15 is 0 Å². The monoisotopic (exact) mass is 281 g/mol. The molecule has 1 N–H and O–H groups in total. The zero-order valence-electron chi connectivity index (χ0n) is 8.69. The van der Waals surface area contributed by atoms with Gasteiger partial charge in [-0.3, -0.25) is 0 Å². The third kappa shape index (κ3) is 10.5. The molecule has 0 spiro atoms. The van der Waals surface area contributed by atoms with Crippen molar-refractivity contribution in [1.82, 2.24) is 4.72 Å². The van der Waals surface area contributed by atoms with Gasteiger partial charge in [0.05, 0.1) is 5.75 Å². The number of unbranched alkanes of at least 4 members (excludes halogenated alkanes) is 1. The summed E-state index contributed by atoms with van der Waals surface area (Å²) in [5.74, 6) is 0.287. The van der Waals surface area contributed by atoms with Crippen LogP contribution in [0.2, 0.25) is 0 Å². The van der Waals surface area contributed by atoms with Gasteiger partial charge < -0.3 is 0 Å². The van der Waals surface area contributed by atoms with Crippen molar-refractivity contribution in [3.8, 4) is 0 Å². The lowest BCUT2D eigenvalue weighted by Gasteiger charge is -2.07. The van der Waals surface area contributed by atoms with Gasteiger partial charge in [-0.1, -0.05) is 0 Å². The van der Waals surface area contributed by atoms with Gasteiger partial charge in [-0.05, 0) is 19.3 Å². The number of nitrogens with one attached hydrogen (secondary N) is 1. The maximum atomic E-state index is 11.7. The van der Waals surface area contributed by atoms with Crippen LogP contribution in [-0.4, -0.2) is 32.8 Å². The summed E-state index contributed by atoms with van der Waals surface area (Å²) < 4.78 is 59.7. The number of hydrogen-bond acceptors (Lipinski definition) is 2. The van der Waals surface area contributed by atoms with E-state index in [-0.39, 0.29) is 18.7 Å². The minimum absolute atomic E-state index is 0.0915. The van der Waals surface area contributed by atoms with Crippen LogP contribution in [0.1, 0.15) is 25.7 Å². The molecule has 0 aromatic rings. The van der Waals surface area contributed by atoms with E-state index in [0.717, 1.165) is 0 Å². The zero-order chi connectivity index (χ0) is 12.7. The van der Waals surface area contributed by atoms with Gasteiger partial charge >= 0.3 is 6.18 Å². The highest BCUT2D eigenvalue weighted by Gasteiger charge is 2.26. The van der Waals surface area contributed by atoms with E-state index in [2.05, 4.69) is 4.72 Å². The summed E-state index contributed by atoms with van der Waals surface area (Å²) in [7, 11) is -3.45. The first-order valence-electron chi connectivity index (χ1n) is 4.87. The Hall–Kier alpha value is -0.0100. The largest absolute Gasteiger partial charge is 0.389 e. The summed E-state index contributed by atoms with van der Waals surface area (Å²) in [6.45, 7) is -0.178.